The van der Waals surface area contributed by atoms with E-state index in [1.165, 1.54) is 0 Å². The minimum atomic E-state index is -0.0674. The van der Waals surface area contributed by atoms with Crippen molar-refractivity contribution in [2.24, 2.45) is 0 Å². The Hall–Kier alpha value is -0.350. The number of methoxy groups -OCH3 is 1. The van der Waals surface area contributed by atoms with Crippen LogP contribution in [-0.4, -0.2) is 17.7 Å². The van der Waals surface area contributed by atoms with E-state index in [0.29, 0.717) is 0 Å². The molecule has 2 rings (SSSR count). The van der Waals surface area contributed by atoms with Crippen molar-refractivity contribution in [3.8, 4) is 5.75 Å². The zero-order valence-corrected chi connectivity index (χ0v) is 12.0. The quantitative estimate of drug-likeness (QED) is 0.569. The number of halogens is 2. The third-order valence-corrected chi connectivity index (χ3v) is 4.64. The van der Waals surface area contributed by atoms with Crippen LogP contribution in [0.1, 0.15) is 33.6 Å². The Morgan fingerprint density at radius 3 is 2.62 bits per heavy atom. The summed E-state index contributed by atoms with van der Waals surface area (Å²) >= 11 is 7.06. The maximum atomic E-state index is 12.1. The van der Waals surface area contributed by atoms with Crippen LogP contribution in [0.3, 0.4) is 0 Å². The first-order chi connectivity index (χ1) is 7.63. The van der Waals surface area contributed by atoms with Crippen molar-refractivity contribution in [2.75, 3.05) is 7.11 Å². The number of Topliss-reactive ketones (excluding diaryl/α,β-unsaturated/α-hetero) is 1. The lowest BCUT2D eigenvalue weighted by molar-refractivity contribution is 0.0990. The number of ketones is 1. The second kappa shape index (κ2) is 4.88. The summed E-state index contributed by atoms with van der Waals surface area (Å²) in [5.41, 5.74) is 1.83. The van der Waals surface area contributed by atoms with Crippen LogP contribution >= 0.6 is 31.9 Å². The molecule has 0 heterocycles. The second-order valence-electron chi connectivity index (χ2n) is 3.83. The molecule has 2 nitrogen and oxygen atoms in total. The fourth-order valence-corrected chi connectivity index (χ4v) is 3.05. The van der Waals surface area contributed by atoms with E-state index in [9.17, 15) is 4.79 Å². The van der Waals surface area contributed by atoms with Crippen LogP contribution in [0.2, 0.25) is 0 Å². The summed E-state index contributed by atoms with van der Waals surface area (Å²) in [6, 6.07) is 5.63. The molecular formula is C12H12Br2O2. The minimum Gasteiger partial charge on any atom is -0.497 e. The maximum Gasteiger partial charge on any atom is 0.176 e. The normalized spacial score (nSPS) is 24.8. The van der Waals surface area contributed by atoms with Crippen molar-refractivity contribution in [3.63, 3.8) is 0 Å². The smallest absolute Gasteiger partial charge is 0.176 e. The summed E-state index contributed by atoms with van der Waals surface area (Å²) in [6.07, 6.45) is 1.80. The molecule has 0 bridgehead atoms. The van der Waals surface area contributed by atoms with Crippen LogP contribution in [0.25, 0.3) is 0 Å². The van der Waals surface area contributed by atoms with E-state index >= 15 is 0 Å². The molecule has 1 aliphatic carbocycles. The molecule has 0 fully saturated rings. The fraction of sp³-hybridized carbons (Fsp3) is 0.417. The molecule has 0 saturated carbocycles. The number of benzene rings is 1. The molecule has 0 aromatic heterocycles. The number of carbonyl (C=O) groups excluding carboxylic acids is 1. The molecule has 1 aromatic rings. The van der Waals surface area contributed by atoms with Crippen molar-refractivity contribution < 1.29 is 9.53 Å². The highest BCUT2D eigenvalue weighted by Crippen LogP contribution is 2.38. The lowest BCUT2D eigenvalue weighted by Crippen LogP contribution is -2.12. The Balaban J connectivity index is 2.51. The molecule has 0 saturated heterocycles. The van der Waals surface area contributed by atoms with E-state index in [4.69, 9.17) is 4.74 Å². The highest BCUT2D eigenvalue weighted by Gasteiger charge is 2.27. The lowest BCUT2D eigenvalue weighted by atomic mass is 10.0. The molecule has 2 atom stereocenters. The van der Waals surface area contributed by atoms with Gasteiger partial charge in [0.1, 0.15) is 5.75 Å². The van der Waals surface area contributed by atoms with Gasteiger partial charge in [-0.25, -0.2) is 0 Å². The molecule has 86 valence electrons. The van der Waals surface area contributed by atoms with E-state index in [0.717, 1.165) is 29.7 Å². The second-order valence-corrected chi connectivity index (χ2v) is 6.04. The van der Waals surface area contributed by atoms with E-state index in [-0.39, 0.29) is 15.4 Å². The molecule has 0 N–H and O–H groups in total. The predicted octanol–water partition coefficient (Wildman–Crippen LogP) is 3.87. The van der Waals surface area contributed by atoms with Crippen LogP contribution in [0.4, 0.5) is 0 Å². The van der Waals surface area contributed by atoms with E-state index in [2.05, 4.69) is 31.9 Å². The SMILES string of the molecule is COc1ccc2c(c1)[C@@H](Br)CC[C@H](Br)C2=O. The van der Waals surface area contributed by atoms with Gasteiger partial charge >= 0.3 is 0 Å². The van der Waals surface area contributed by atoms with Gasteiger partial charge in [-0.2, -0.15) is 0 Å². The van der Waals surface area contributed by atoms with Gasteiger partial charge in [0, 0.05) is 10.4 Å². The first-order valence-corrected chi connectivity index (χ1v) is 6.97. The molecule has 0 amide bonds. The fourth-order valence-electron chi connectivity index (χ4n) is 1.90. The molecular weight excluding hydrogens is 336 g/mol. The van der Waals surface area contributed by atoms with Gasteiger partial charge in [0.15, 0.2) is 5.78 Å². The molecule has 4 heteroatoms. The Morgan fingerprint density at radius 1 is 1.25 bits per heavy atom. The molecule has 0 radical (unpaired) electrons. The van der Waals surface area contributed by atoms with Crippen molar-refractivity contribution in [1.82, 2.24) is 0 Å². The van der Waals surface area contributed by atoms with Crippen LogP contribution in [0.15, 0.2) is 18.2 Å². The third-order valence-electron chi connectivity index (χ3n) is 2.82. The van der Waals surface area contributed by atoms with Gasteiger partial charge in [0.2, 0.25) is 0 Å². The van der Waals surface area contributed by atoms with Crippen LogP contribution in [0, 0.1) is 0 Å². The zero-order valence-electron chi connectivity index (χ0n) is 8.87. The van der Waals surface area contributed by atoms with E-state index in [1.807, 2.05) is 18.2 Å². The molecule has 0 spiro atoms. The highest BCUT2D eigenvalue weighted by molar-refractivity contribution is 9.10. The van der Waals surface area contributed by atoms with Crippen LogP contribution < -0.4 is 4.74 Å². The summed E-state index contributed by atoms with van der Waals surface area (Å²) in [4.78, 5) is 12.2. The zero-order chi connectivity index (χ0) is 11.7. The molecule has 16 heavy (non-hydrogen) atoms. The Morgan fingerprint density at radius 2 is 1.94 bits per heavy atom. The number of carbonyl (C=O) groups is 1. The number of hydrogen-bond acceptors (Lipinski definition) is 2. The average molecular weight is 348 g/mol. The molecule has 0 unspecified atom stereocenters. The van der Waals surface area contributed by atoms with Gasteiger partial charge < -0.3 is 4.74 Å². The van der Waals surface area contributed by atoms with Gasteiger partial charge in [0.05, 0.1) is 11.9 Å². The average Bonchev–Trinajstić information content (AvgIpc) is 2.42. The summed E-state index contributed by atoms with van der Waals surface area (Å²) < 4.78 is 5.19. The van der Waals surface area contributed by atoms with Gasteiger partial charge in [-0.05, 0) is 36.6 Å². The summed E-state index contributed by atoms with van der Waals surface area (Å²) in [6.45, 7) is 0. The van der Waals surface area contributed by atoms with E-state index in [1.54, 1.807) is 7.11 Å². The first kappa shape index (κ1) is 12.1. The summed E-state index contributed by atoms with van der Waals surface area (Å²) in [5, 5.41) is 0. The molecule has 1 aromatic carbocycles. The topological polar surface area (TPSA) is 26.3 Å². The number of rotatable bonds is 1. The number of fused-ring (bicyclic) bond motifs is 1. The Bertz CT molecular complexity index is 417. The van der Waals surface area contributed by atoms with Gasteiger partial charge in [-0.15, -0.1) is 0 Å². The van der Waals surface area contributed by atoms with Gasteiger partial charge in [0.25, 0.3) is 0 Å². The molecule has 0 aliphatic heterocycles. The summed E-state index contributed by atoms with van der Waals surface area (Å²) in [5.74, 6) is 0.962. The van der Waals surface area contributed by atoms with Crippen molar-refractivity contribution >= 4 is 37.6 Å². The minimum absolute atomic E-state index is 0.0674. The first-order valence-electron chi connectivity index (χ1n) is 5.13. The Labute approximate surface area is 112 Å². The standard InChI is InChI=1S/C12H12Br2O2/c1-16-7-2-3-8-9(6-7)10(13)4-5-11(14)12(8)15/h2-3,6,10-11H,4-5H2,1H3/t10-,11-/m0/s1. The van der Waals surface area contributed by atoms with Crippen molar-refractivity contribution in [3.05, 3.63) is 29.3 Å². The Kier molecular flexibility index (Phi) is 3.70. The van der Waals surface area contributed by atoms with Crippen LogP contribution in [0.5, 0.6) is 5.75 Å². The van der Waals surface area contributed by atoms with Gasteiger partial charge in [-0.1, -0.05) is 31.9 Å². The predicted molar refractivity (Wildman–Crippen MR) is 70.9 cm³/mol. The molecule has 1 aliphatic rings. The lowest BCUT2D eigenvalue weighted by Gasteiger charge is -2.11. The van der Waals surface area contributed by atoms with Crippen LogP contribution in [-0.2, 0) is 0 Å². The van der Waals surface area contributed by atoms with Gasteiger partial charge in [-0.3, -0.25) is 4.79 Å². The number of hydrogen-bond donors (Lipinski definition) is 0. The third kappa shape index (κ3) is 2.18. The maximum absolute atomic E-state index is 12.1. The van der Waals surface area contributed by atoms with Crippen molar-refractivity contribution in [2.45, 2.75) is 22.5 Å². The van der Waals surface area contributed by atoms with E-state index < -0.39 is 0 Å². The number of ether oxygens (including phenoxy) is 1. The highest BCUT2D eigenvalue weighted by atomic mass is 79.9. The largest absolute Gasteiger partial charge is 0.497 e. The summed E-state index contributed by atoms with van der Waals surface area (Å²) in [7, 11) is 1.64. The number of alkyl halides is 2. The van der Waals surface area contributed by atoms with Crippen molar-refractivity contribution in [1.29, 1.82) is 0 Å². The monoisotopic (exact) mass is 346 g/mol.